The van der Waals surface area contributed by atoms with Gasteiger partial charge < -0.3 is 14.4 Å². The highest BCUT2D eigenvalue weighted by molar-refractivity contribution is 6.02. The lowest BCUT2D eigenvalue weighted by atomic mass is 9.40. The van der Waals surface area contributed by atoms with Crippen molar-refractivity contribution in [2.24, 2.45) is 22.2 Å². The van der Waals surface area contributed by atoms with Gasteiger partial charge in [0.2, 0.25) is 5.91 Å². The second-order valence-electron chi connectivity index (χ2n) is 12.3. The fraction of sp³-hybridized carbons (Fsp3) is 0.536. The first kappa shape index (κ1) is 21.6. The Morgan fingerprint density at radius 3 is 2.56 bits per heavy atom. The van der Waals surface area contributed by atoms with E-state index in [1.165, 1.54) is 38.5 Å². The van der Waals surface area contributed by atoms with E-state index < -0.39 is 0 Å². The van der Waals surface area contributed by atoms with Gasteiger partial charge in [0.15, 0.2) is 0 Å². The molecule has 4 fully saturated rings. The molecule has 1 N–H and O–H groups in total. The Hall–Kier alpha value is -2.89. The minimum Gasteiger partial charge on any atom is -0.361 e. The summed E-state index contributed by atoms with van der Waals surface area (Å²) in [6.07, 6.45) is 9.84. The summed E-state index contributed by atoms with van der Waals surface area (Å²) < 4.78 is 6.75. The fourth-order valence-corrected chi connectivity index (χ4v) is 8.64. The molecule has 2 unspecified atom stereocenters. The zero-order valence-electron chi connectivity index (χ0n) is 20.3. The average Bonchev–Trinajstić information content (AvgIpc) is 3.12. The van der Waals surface area contributed by atoms with E-state index in [4.69, 9.17) is 4.52 Å². The van der Waals surface area contributed by atoms with Crippen molar-refractivity contribution in [3.05, 3.63) is 58.3 Å². The van der Waals surface area contributed by atoms with E-state index in [9.17, 15) is 9.59 Å². The average molecular weight is 460 g/mol. The highest BCUT2D eigenvalue weighted by atomic mass is 16.5. The summed E-state index contributed by atoms with van der Waals surface area (Å²) in [5.41, 5.74) is 2.23. The van der Waals surface area contributed by atoms with E-state index in [-0.39, 0.29) is 16.9 Å². The van der Waals surface area contributed by atoms with Gasteiger partial charge in [0.1, 0.15) is 11.5 Å². The molecule has 1 amide bonds. The second kappa shape index (κ2) is 7.30. The molecule has 4 bridgehead atoms. The summed E-state index contributed by atoms with van der Waals surface area (Å²) in [5.74, 6) is 1.56. The number of benzene rings is 1. The zero-order valence-corrected chi connectivity index (χ0v) is 20.3. The SMILES string of the molecule is Cc1cc(Cn2ccc3c(NC(=O)CC45CC6CC(C)(CC(C)(C6)C4)C5)cccc3c2=O)no1. The summed E-state index contributed by atoms with van der Waals surface area (Å²) in [6.45, 7) is 7.07. The van der Waals surface area contributed by atoms with Crippen LogP contribution in [0, 0.1) is 29.1 Å². The van der Waals surface area contributed by atoms with E-state index in [0.717, 1.165) is 17.1 Å². The van der Waals surface area contributed by atoms with Crippen molar-refractivity contribution in [3.63, 3.8) is 0 Å². The van der Waals surface area contributed by atoms with Gasteiger partial charge in [-0.15, -0.1) is 0 Å². The number of fused-ring (bicyclic) bond motifs is 1. The highest BCUT2D eigenvalue weighted by Gasteiger charge is 2.60. The lowest BCUT2D eigenvalue weighted by molar-refractivity contribution is -0.153. The third-order valence-electron chi connectivity index (χ3n) is 8.58. The van der Waals surface area contributed by atoms with Crippen molar-refractivity contribution < 1.29 is 9.32 Å². The second-order valence-corrected chi connectivity index (χ2v) is 12.3. The van der Waals surface area contributed by atoms with E-state index in [1.807, 2.05) is 37.3 Å². The molecule has 6 heteroatoms. The summed E-state index contributed by atoms with van der Waals surface area (Å²) in [4.78, 5) is 26.5. The Labute approximate surface area is 199 Å². The third-order valence-corrected chi connectivity index (χ3v) is 8.58. The van der Waals surface area contributed by atoms with Crippen LogP contribution in [0.25, 0.3) is 10.8 Å². The Morgan fingerprint density at radius 2 is 1.88 bits per heavy atom. The molecule has 0 radical (unpaired) electrons. The fourth-order valence-electron chi connectivity index (χ4n) is 8.64. The van der Waals surface area contributed by atoms with Gasteiger partial charge in [0.25, 0.3) is 5.56 Å². The lowest BCUT2D eigenvalue weighted by Gasteiger charge is -2.65. The van der Waals surface area contributed by atoms with Gasteiger partial charge in [-0.3, -0.25) is 9.59 Å². The summed E-state index contributed by atoms with van der Waals surface area (Å²) >= 11 is 0. The van der Waals surface area contributed by atoms with Gasteiger partial charge in [0, 0.05) is 35.1 Å². The molecule has 2 aromatic heterocycles. The molecule has 2 atom stereocenters. The molecule has 7 rings (SSSR count). The van der Waals surface area contributed by atoms with Crippen LogP contribution in [-0.4, -0.2) is 15.6 Å². The van der Waals surface area contributed by atoms with Gasteiger partial charge in [-0.1, -0.05) is 25.1 Å². The predicted octanol–water partition coefficient (Wildman–Crippen LogP) is 5.67. The molecule has 1 aromatic carbocycles. The van der Waals surface area contributed by atoms with Gasteiger partial charge >= 0.3 is 0 Å². The zero-order chi connectivity index (χ0) is 23.7. The van der Waals surface area contributed by atoms with E-state index in [2.05, 4.69) is 24.3 Å². The van der Waals surface area contributed by atoms with Crippen molar-refractivity contribution in [1.82, 2.24) is 9.72 Å². The summed E-state index contributed by atoms with van der Waals surface area (Å²) in [5, 5.41) is 8.53. The van der Waals surface area contributed by atoms with Crippen molar-refractivity contribution in [2.75, 3.05) is 5.32 Å². The molecule has 0 spiro atoms. The Balaban J connectivity index is 1.24. The largest absolute Gasteiger partial charge is 0.361 e. The Kier molecular flexibility index (Phi) is 4.65. The molecule has 178 valence electrons. The van der Waals surface area contributed by atoms with Crippen LogP contribution in [0.5, 0.6) is 0 Å². The van der Waals surface area contributed by atoms with Crippen molar-refractivity contribution >= 4 is 22.4 Å². The van der Waals surface area contributed by atoms with Crippen LogP contribution in [-0.2, 0) is 11.3 Å². The molecule has 2 heterocycles. The number of carbonyl (C=O) groups excluding carboxylic acids is 1. The van der Waals surface area contributed by atoms with Gasteiger partial charge in [0.05, 0.1) is 6.54 Å². The number of carbonyl (C=O) groups is 1. The molecule has 0 saturated heterocycles. The minimum atomic E-state index is -0.101. The Morgan fingerprint density at radius 1 is 1.12 bits per heavy atom. The van der Waals surface area contributed by atoms with Gasteiger partial charge in [-0.2, -0.15) is 0 Å². The topological polar surface area (TPSA) is 77.1 Å². The summed E-state index contributed by atoms with van der Waals surface area (Å²) in [6, 6.07) is 9.30. The maximum Gasteiger partial charge on any atom is 0.258 e. The van der Waals surface area contributed by atoms with E-state index in [1.54, 1.807) is 10.8 Å². The number of aryl methyl sites for hydroxylation is 1. The third kappa shape index (κ3) is 3.68. The lowest BCUT2D eigenvalue weighted by Crippen LogP contribution is -2.55. The standard InChI is InChI=1S/C28H33N3O3/c1-18-9-20(30-34-18)14-31-8-7-21-22(25(31)33)5-4-6-23(21)29-24(32)13-28-12-19-10-26(2,16-28)15-27(3,11-19)17-28/h4-9,19H,10-17H2,1-3H3,(H,29,32). The monoisotopic (exact) mass is 459 g/mol. The molecule has 4 aliphatic rings. The smallest absolute Gasteiger partial charge is 0.258 e. The first-order valence-electron chi connectivity index (χ1n) is 12.5. The highest BCUT2D eigenvalue weighted by Crippen LogP contribution is 2.70. The first-order chi connectivity index (χ1) is 16.1. The number of anilines is 1. The minimum absolute atomic E-state index is 0.0731. The molecular weight excluding hydrogens is 426 g/mol. The number of rotatable bonds is 5. The predicted molar refractivity (Wildman–Crippen MR) is 132 cm³/mol. The van der Waals surface area contributed by atoms with Crippen LogP contribution in [0.15, 0.2) is 45.8 Å². The van der Waals surface area contributed by atoms with Gasteiger partial charge in [-0.05, 0) is 85.8 Å². The maximum absolute atomic E-state index is 13.3. The first-order valence-corrected chi connectivity index (χ1v) is 12.5. The molecule has 0 aliphatic heterocycles. The van der Waals surface area contributed by atoms with Crippen LogP contribution in [0.2, 0.25) is 0 Å². The van der Waals surface area contributed by atoms with Crippen molar-refractivity contribution in [2.45, 2.75) is 72.3 Å². The Bertz CT molecular complexity index is 1330. The summed E-state index contributed by atoms with van der Waals surface area (Å²) in [7, 11) is 0. The van der Waals surface area contributed by atoms with Crippen molar-refractivity contribution in [1.29, 1.82) is 0 Å². The quantitative estimate of drug-likeness (QED) is 0.533. The molecule has 6 nitrogen and oxygen atoms in total. The molecular formula is C28H33N3O3. The molecule has 3 aromatic rings. The number of amides is 1. The molecule has 4 saturated carbocycles. The van der Waals surface area contributed by atoms with Crippen LogP contribution in [0.3, 0.4) is 0 Å². The maximum atomic E-state index is 13.3. The van der Waals surface area contributed by atoms with Crippen LogP contribution >= 0.6 is 0 Å². The number of hydrogen-bond acceptors (Lipinski definition) is 4. The van der Waals surface area contributed by atoms with Gasteiger partial charge in [-0.25, -0.2) is 0 Å². The number of nitrogens with zero attached hydrogens (tertiary/aromatic N) is 2. The van der Waals surface area contributed by atoms with Crippen LogP contribution in [0.4, 0.5) is 5.69 Å². The number of pyridine rings is 1. The number of nitrogens with one attached hydrogen (secondary N) is 1. The normalized spacial score (nSPS) is 31.8. The van der Waals surface area contributed by atoms with E-state index >= 15 is 0 Å². The molecule has 4 aliphatic carbocycles. The molecule has 34 heavy (non-hydrogen) atoms. The van der Waals surface area contributed by atoms with Crippen LogP contribution in [0.1, 0.15) is 70.2 Å². The van der Waals surface area contributed by atoms with Crippen LogP contribution < -0.4 is 10.9 Å². The van der Waals surface area contributed by atoms with Crippen molar-refractivity contribution in [3.8, 4) is 0 Å². The number of aromatic nitrogens is 2. The number of hydrogen-bond donors (Lipinski definition) is 1. The van der Waals surface area contributed by atoms with E-state index in [0.29, 0.717) is 40.6 Å².